The second kappa shape index (κ2) is 6.45. The van der Waals surface area contributed by atoms with Crippen molar-refractivity contribution in [2.75, 3.05) is 32.9 Å². The second-order valence-electron chi connectivity index (χ2n) is 4.78. The molecule has 0 unspecified atom stereocenters. The van der Waals surface area contributed by atoms with Crippen molar-refractivity contribution >= 4 is 5.91 Å². The average molecular weight is 287 g/mol. The van der Waals surface area contributed by atoms with Crippen LogP contribution in [0.4, 0.5) is 0 Å². The molecule has 0 radical (unpaired) electrons. The molecule has 2 heterocycles. The molecule has 1 fully saturated rings. The highest BCUT2D eigenvalue weighted by atomic mass is 16.5. The highest BCUT2D eigenvalue weighted by molar-refractivity contribution is 5.77. The molecule has 0 bridgehead atoms. The summed E-state index contributed by atoms with van der Waals surface area (Å²) >= 11 is 0. The maximum Gasteiger partial charge on any atom is 0.260 e. The van der Waals surface area contributed by atoms with Crippen molar-refractivity contribution < 1.29 is 18.7 Å². The Hall–Kier alpha value is -2.27. The summed E-state index contributed by atoms with van der Waals surface area (Å²) in [7, 11) is 0. The van der Waals surface area contributed by atoms with Gasteiger partial charge in [-0.25, -0.2) is 0 Å². The molecule has 1 aliphatic rings. The Kier molecular flexibility index (Phi) is 4.21. The molecule has 0 saturated carbocycles. The Morgan fingerprint density at radius 3 is 2.57 bits per heavy atom. The van der Waals surface area contributed by atoms with E-state index in [9.17, 15) is 4.79 Å². The van der Waals surface area contributed by atoms with E-state index in [2.05, 4.69) is 0 Å². The third-order valence-electron chi connectivity index (χ3n) is 3.39. The zero-order chi connectivity index (χ0) is 14.5. The van der Waals surface area contributed by atoms with Crippen LogP contribution in [0.5, 0.6) is 5.75 Å². The summed E-state index contributed by atoms with van der Waals surface area (Å²) in [5, 5.41) is 0. The molecule has 1 saturated heterocycles. The van der Waals surface area contributed by atoms with Gasteiger partial charge in [-0.3, -0.25) is 4.79 Å². The average Bonchev–Trinajstić information content (AvgIpc) is 3.08. The van der Waals surface area contributed by atoms with Crippen LogP contribution in [0.2, 0.25) is 0 Å². The predicted molar refractivity (Wildman–Crippen MR) is 77.0 cm³/mol. The fraction of sp³-hybridized carbons (Fsp3) is 0.312. The Labute approximate surface area is 123 Å². The molecule has 21 heavy (non-hydrogen) atoms. The zero-order valence-electron chi connectivity index (χ0n) is 11.7. The molecule has 1 amide bonds. The normalized spacial score (nSPS) is 15.0. The van der Waals surface area contributed by atoms with Crippen molar-refractivity contribution in [3.63, 3.8) is 0 Å². The third-order valence-corrected chi connectivity index (χ3v) is 3.39. The van der Waals surface area contributed by atoms with Gasteiger partial charge in [0.1, 0.15) is 11.5 Å². The molecule has 1 aliphatic heterocycles. The summed E-state index contributed by atoms with van der Waals surface area (Å²) in [5.41, 5.74) is 0.979. The molecule has 1 aromatic heterocycles. The second-order valence-corrected chi connectivity index (χ2v) is 4.78. The van der Waals surface area contributed by atoms with Crippen LogP contribution in [-0.4, -0.2) is 43.7 Å². The molecule has 5 heteroatoms. The minimum absolute atomic E-state index is 0.00610. The Bertz CT molecular complexity index is 571. The fourth-order valence-corrected chi connectivity index (χ4v) is 2.21. The van der Waals surface area contributed by atoms with E-state index in [4.69, 9.17) is 13.9 Å². The molecular formula is C16H17NO4. The first-order valence-corrected chi connectivity index (χ1v) is 6.95. The summed E-state index contributed by atoms with van der Waals surface area (Å²) in [4.78, 5) is 13.7. The summed E-state index contributed by atoms with van der Waals surface area (Å²) in [6.07, 6.45) is 1.64. The van der Waals surface area contributed by atoms with Gasteiger partial charge in [-0.05, 0) is 36.4 Å². The van der Waals surface area contributed by atoms with Gasteiger partial charge in [0.25, 0.3) is 5.91 Å². The SMILES string of the molecule is O=C(COc1ccc(-c2ccco2)cc1)N1CCOCC1. The first-order chi connectivity index (χ1) is 10.3. The van der Waals surface area contributed by atoms with Crippen molar-refractivity contribution in [3.05, 3.63) is 42.7 Å². The van der Waals surface area contributed by atoms with Crippen LogP contribution in [0.15, 0.2) is 47.1 Å². The minimum atomic E-state index is -0.00610. The van der Waals surface area contributed by atoms with Gasteiger partial charge in [0.05, 0.1) is 19.5 Å². The summed E-state index contributed by atoms with van der Waals surface area (Å²) in [5.74, 6) is 1.48. The van der Waals surface area contributed by atoms with Crippen LogP contribution >= 0.6 is 0 Å². The Morgan fingerprint density at radius 2 is 1.90 bits per heavy atom. The molecule has 1 aromatic carbocycles. The number of carbonyl (C=O) groups excluding carboxylic acids is 1. The summed E-state index contributed by atoms with van der Waals surface area (Å²) in [6, 6.07) is 11.2. The van der Waals surface area contributed by atoms with E-state index in [-0.39, 0.29) is 12.5 Å². The number of amides is 1. The largest absolute Gasteiger partial charge is 0.484 e. The number of ether oxygens (including phenoxy) is 2. The lowest BCUT2D eigenvalue weighted by Gasteiger charge is -2.26. The van der Waals surface area contributed by atoms with E-state index in [0.717, 1.165) is 11.3 Å². The molecule has 0 atom stereocenters. The van der Waals surface area contributed by atoms with E-state index in [0.29, 0.717) is 32.1 Å². The fourth-order valence-electron chi connectivity index (χ4n) is 2.21. The topological polar surface area (TPSA) is 51.9 Å². The van der Waals surface area contributed by atoms with E-state index in [1.54, 1.807) is 11.2 Å². The van der Waals surface area contributed by atoms with Gasteiger partial charge in [0.15, 0.2) is 6.61 Å². The summed E-state index contributed by atoms with van der Waals surface area (Å²) < 4.78 is 16.1. The highest BCUT2D eigenvalue weighted by Gasteiger charge is 2.17. The van der Waals surface area contributed by atoms with Gasteiger partial charge in [0, 0.05) is 18.7 Å². The monoisotopic (exact) mass is 287 g/mol. The molecular weight excluding hydrogens is 270 g/mol. The molecule has 0 N–H and O–H groups in total. The van der Waals surface area contributed by atoms with Crippen molar-refractivity contribution in [2.24, 2.45) is 0 Å². The van der Waals surface area contributed by atoms with Crippen LogP contribution in [0, 0.1) is 0 Å². The van der Waals surface area contributed by atoms with Gasteiger partial charge in [-0.2, -0.15) is 0 Å². The van der Waals surface area contributed by atoms with Crippen molar-refractivity contribution in [1.29, 1.82) is 0 Å². The number of carbonyl (C=O) groups is 1. The highest BCUT2D eigenvalue weighted by Crippen LogP contribution is 2.22. The minimum Gasteiger partial charge on any atom is -0.484 e. The summed E-state index contributed by atoms with van der Waals surface area (Å²) in [6.45, 7) is 2.53. The number of benzene rings is 1. The van der Waals surface area contributed by atoms with E-state index < -0.39 is 0 Å². The van der Waals surface area contributed by atoms with Gasteiger partial charge >= 0.3 is 0 Å². The predicted octanol–water partition coefficient (Wildman–Crippen LogP) is 2.18. The number of nitrogens with zero attached hydrogens (tertiary/aromatic N) is 1. The van der Waals surface area contributed by atoms with Crippen LogP contribution in [0.1, 0.15) is 0 Å². The maximum atomic E-state index is 12.0. The van der Waals surface area contributed by atoms with Gasteiger partial charge in [-0.15, -0.1) is 0 Å². The first-order valence-electron chi connectivity index (χ1n) is 6.95. The molecule has 2 aromatic rings. The van der Waals surface area contributed by atoms with E-state index in [1.165, 1.54) is 0 Å². The maximum absolute atomic E-state index is 12.0. The van der Waals surface area contributed by atoms with Crippen LogP contribution in [0.3, 0.4) is 0 Å². The number of morpholine rings is 1. The van der Waals surface area contributed by atoms with Crippen molar-refractivity contribution in [3.8, 4) is 17.1 Å². The van der Waals surface area contributed by atoms with Gasteiger partial charge in [0.2, 0.25) is 0 Å². The quantitative estimate of drug-likeness (QED) is 0.865. The molecule has 5 nitrogen and oxygen atoms in total. The van der Waals surface area contributed by atoms with Crippen LogP contribution in [0.25, 0.3) is 11.3 Å². The lowest BCUT2D eigenvalue weighted by Crippen LogP contribution is -2.42. The van der Waals surface area contributed by atoms with Gasteiger partial charge < -0.3 is 18.8 Å². The zero-order valence-corrected chi connectivity index (χ0v) is 11.7. The van der Waals surface area contributed by atoms with Crippen molar-refractivity contribution in [2.45, 2.75) is 0 Å². The molecule has 110 valence electrons. The number of furan rings is 1. The standard InChI is InChI=1S/C16H17NO4/c18-16(17-7-10-19-11-8-17)12-21-14-5-3-13(4-6-14)15-2-1-9-20-15/h1-6,9H,7-8,10-12H2. The van der Waals surface area contributed by atoms with E-state index >= 15 is 0 Å². The Balaban J connectivity index is 1.54. The molecule has 0 aliphatic carbocycles. The lowest BCUT2D eigenvalue weighted by atomic mass is 10.2. The third kappa shape index (κ3) is 3.44. The lowest BCUT2D eigenvalue weighted by molar-refractivity contribution is -0.137. The molecule has 3 rings (SSSR count). The number of hydrogen-bond donors (Lipinski definition) is 0. The van der Waals surface area contributed by atoms with Gasteiger partial charge in [-0.1, -0.05) is 0 Å². The molecule has 0 spiro atoms. The number of hydrogen-bond acceptors (Lipinski definition) is 4. The smallest absolute Gasteiger partial charge is 0.260 e. The first kappa shape index (κ1) is 13.7. The Morgan fingerprint density at radius 1 is 1.14 bits per heavy atom. The van der Waals surface area contributed by atoms with Crippen LogP contribution in [-0.2, 0) is 9.53 Å². The van der Waals surface area contributed by atoms with Crippen molar-refractivity contribution in [1.82, 2.24) is 4.90 Å². The van der Waals surface area contributed by atoms with Crippen LogP contribution < -0.4 is 4.74 Å². The number of rotatable bonds is 4. The van der Waals surface area contributed by atoms with E-state index in [1.807, 2.05) is 36.4 Å².